The molecule has 0 aromatic carbocycles. The van der Waals surface area contributed by atoms with Crippen LogP contribution in [-0.4, -0.2) is 67.2 Å². The lowest BCUT2D eigenvalue weighted by molar-refractivity contribution is -0.142. The van der Waals surface area contributed by atoms with Crippen LogP contribution in [0.3, 0.4) is 0 Å². The Morgan fingerprint density at radius 1 is 1.12 bits per heavy atom. The summed E-state index contributed by atoms with van der Waals surface area (Å²) >= 11 is 0. The number of hydrogen-bond acceptors (Lipinski definition) is 6. The van der Waals surface area contributed by atoms with Gasteiger partial charge in [-0.25, -0.2) is 4.79 Å². The van der Waals surface area contributed by atoms with Gasteiger partial charge in [-0.1, -0.05) is 0 Å². The lowest BCUT2D eigenvalue weighted by atomic mass is 10.2. The molecule has 136 valence electrons. The van der Waals surface area contributed by atoms with Crippen LogP contribution in [0, 0.1) is 0 Å². The lowest BCUT2D eigenvalue weighted by Gasteiger charge is -2.24. The number of hydrogen-bond donors (Lipinski definition) is 2. The number of carbonyl (C=O) groups excluding carboxylic acids is 4. The first-order valence-corrected chi connectivity index (χ1v) is 7.75. The molecule has 9 nitrogen and oxygen atoms in total. The van der Waals surface area contributed by atoms with Crippen LogP contribution in [0.1, 0.15) is 33.6 Å². The third kappa shape index (κ3) is 6.43. The minimum absolute atomic E-state index is 0.246. The van der Waals surface area contributed by atoms with E-state index in [4.69, 9.17) is 4.74 Å². The van der Waals surface area contributed by atoms with Gasteiger partial charge >= 0.3 is 12.1 Å². The van der Waals surface area contributed by atoms with Gasteiger partial charge in [-0.2, -0.15) is 0 Å². The number of likely N-dealkylation sites (tertiary alicyclic amines) is 1. The highest BCUT2D eigenvalue weighted by atomic mass is 16.6. The number of alkyl carbamates (subject to hydrolysis) is 1. The molecule has 0 saturated carbocycles. The van der Waals surface area contributed by atoms with Gasteiger partial charge in [0.1, 0.15) is 24.7 Å². The number of methoxy groups -OCH3 is 1. The second kappa shape index (κ2) is 8.51. The van der Waals surface area contributed by atoms with E-state index < -0.39 is 29.6 Å². The van der Waals surface area contributed by atoms with Gasteiger partial charge < -0.3 is 25.0 Å². The molecule has 1 saturated heterocycles. The fourth-order valence-electron chi connectivity index (χ4n) is 2.25. The van der Waals surface area contributed by atoms with Gasteiger partial charge in [0.2, 0.25) is 11.8 Å². The molecule has 0 aromatic rings. The van der Waals surface area contributed by atoms with E-state index >= 15 is 0 Å². The smallest absolute Gasteiger partial charge is 0.408 e. The van der Waals surface area contributed by atoms with Gasteiger partial charge in [0.25, 0.3) is 0 Å². The van der Waals surface area contributed by atoms with Gasteiger partial charge in [-0.05, 0) is 33.6 Å². The van der Waals surface area contributed by atoms with Crippen LogP contribution in [0.15, 0.2) is 0 Å². The molecule has 1 atom stereocenters. The minimum atomic E-state index is -0.693. The number of esters is 1. The Labute approximate surface area is 141 Å². The van der Waals surface area contributed by atoms with Gasteiger partial charge in [0.15, 0.2) is 0 Å². The van der Waals surface area contributed by atoms with Gasteiger partial charge in [-0.3, -0.25) is 14.4 Å². The second-order valence-corrected chi connectivity index (χ2v) is 6.39. The average Bonchev–Trinajstić information content (AvgIpc) is 2.97. The highest BCUT2D eigenvalue weighted by Crippen LogP contribution is 2.17. The van der Waals surface area contributed by atoms with Crippen LogP contribution < -0.4 is 10.6 Å². The molecule has 1 heterocycles. The predicted molar refractivity (Wildman–Crippen MR) is 84.0 cm³/mol. The van der Waals surface area contributed by atoms with Crippen molar-refractivity contribution in [3.8, 4) is 0 Å². The quantitative estimate of drug-likeness (QED) is 0.668. The van der Waals surface area contributed by atoms with Crippen molar-refractivity contribution in [1.82, 2.24) is 15.5 Å². The number of amides is 3. The van der Waals surface area contributed by atoms with Gasteiger partial charge in [0, 0.05) is 6.54 Å². The van der Waals surface area contributed by atoms with E-state index in [9.17, 15) is 19.2 Å². The van der Waals surface area contributed by atoms with Crippen LogP contribution in [0.25, 0.3) is 0 Å². The summed E-state index contributed by atoms with van der Waals surface area (Å²) in [6.07, 6.45) is 0.487. The zero-order chi connectivity index (χ0) is 18.3. The standard InChI is InChI=1S/C15H25N3O6/c1-15(2,3)24-14(22)17-8-11(19)18-7-5-6-10(18)13(21)16-9-12(20)23-4/h10H,5-9H2,1-4H3,(H,16,21)(H,17,22)/t10-/m0/s1. The molecule has 2 N–H and O–H groups in total. The summed E-state index contributed by atoms with van der Waals surface area (Å²) in [5.41, 5.74) is -0.656. The molecule has 0 unspecified atom stereocenters. The van der Waals surface area contributed by atoms with E-state index in [1.165, 1.54) is 12.0 Å². The highest BCUT2D eigenvalue weighted by Gasteiger charge is 2.34. The molecule has 0 aromatic heterocycles. The van der Waals surface area contributed by atoms with Crippen molar-refractivity contribution in [2.45, 2.75) is 45.3 Å². The molecule has 0 spiro atoms. The number of nitrogens with one attached hydrogen (secondary N) is 2. The third-order valence-electron chi connectivity index (χ3n) is 3.29. The molecule has 0 radical (unpaired) electrons. The maximum Gasteiger partial charge on any atom is 0.408 e. The van der Waals surface area contributed by atoms with Crippen molar-refractivity contribution in [3.63, 3.8) is 0 Å². The molecular formula is C15H25N3O6. The van der Waals surface area contributed by atoms with Crippen molar-refractivity contribution < 1.29 is 28.7 Å². The van der Waals surface area contributed by atoms with Crippen molar-refractivity contribution in [3.05, 3.63) is 0 Å². The molecule has 1 aliphatic rings. The topological polar surface area (TPSA) is 114 Å². The molecule has 3 amide bonds. The number of carbonyl (C=O) groups is 4. The summed E-state index contributed by atoms with van der Waals surface area (Å²) in [6, 6.07) is -0.650. The fourth-order valence-corrected chi connectivity index (χ4v) is 2.25. The van der Waals surface area contributed by atoms with E-state index in [0.717, 1.165) is 0 Å². The monoisotopic (exact) mass is 343 g/mol. The summed E-state index contributed by atoms with van der Waals surface area (Å²) in [6.45, 7) is 5.08. The second-order valence-electron chi connectivity index (χ2n) is 6.39. The first-order chi connectivity index (χ1) is 11.1. The molecule has 24 heavy (non-hydrogen) atoms. The normalized spacial score (nSPS) is 17.2. The van der Waals surface area contributed by atoms with Crippen molar-refractivity contribution in [2.24, 2.45) is 0 Å². The number of nitrogens with zero attached hydrogens (tertiary/aromatic N) is 1. The molecule has 1 aliphatic heterocycles. The fraction of sp³-hybridized carbons (Fsp3) is 0.733. The average molecular weight is 343 g/mol. The van der Waals surface area contributed by atoms with Crippen LogP contribution in [0.2, 0.25) is 0 Å². The molecule has 9 heteroatoms. The van der Waals surface area contributed by atoms with E-state index in [1.54, 1.807) is 20.8 Å². The zero-order valence-electron chi connectivity index (χ0n) is 14.5. The van der Waals surface area contributed by atoms with Crippen LogP contribution in [0.4, 0.5) is 4.79 Å². The Hall–Kier alpha value is -2.32. The predicted octanol–water partition coefficient (Wildman–Crippen LogP) is -0.209. The molecule has 1 rings (SSSR count). The maximum atomic E-state index is 12.2. The first-order valence-electron chi connectivity index (χ1n) is 7.75. The largest absolute Gasteiger partial charge is 0.468 e. The Balaban J connectivity index is 2.49. The molecule has 0 bridgehead atoms. The first kappa shape index (κ1) is 19.7. The van der Waals surface area contributed by atoms with Crippen LogP contribution in [-0.2, 0) is 23.9 Å². The maximum absolute atomic E-state index is 12.2. The van der Waals surface area contributed by atoms with Crippen molar-refractivity contribution >= 4 is 23.9 Å². The van der Waals surface area contributed by atoms with Crippen LogP contribution >= 0.6 is 0 Å². The summed E-state index contributed by atoms with van der Waals surface area (Å²) in [5, 5.41) is 4.81. The summed E-state index contributed by atoms with van der Waals surface area (Å²) in [4.78, 5) is 48.3. The molecule has 0 aliphatic carbocycles. The Bertz CT molecular complexity index is 500. The third-order valence-corrected chi connectivity index (χ3v) is 3.29. The Morgan fingerprint density at radius 2 is 1.79 bits per heavy atom. The van der Waals surface area contributed by atoms with Gasteiger partial charge in [-0.15, -0.1) is 0 Å². The van der Waals surface area contributed by atoms with Crippen LogP contribution in [0.5, 0.6) is 0 Å². The van der Waals surface area contributed by atoms with Crippen molar-refractivity contribution in [2.75, 3.05) is 26.7 Å². The summed E-state index contributed by atoms with van der Waals surface area (Å²) in [7, 11) is 1.22. The molecule has 1 fully saturated rings. The van der Waals surface area contributed by atoms with E-state index in [0.29, 0.717) is 19.4 Å². The summed E-state index contributed by atoms with van der Waals surface area (Å²) < 4.78 is 9.50. The van der Waals surface area contributed by atoms with Crippen molar-refractivity contribution in [1.29, 1.82) is 0 Å². The number of rotatable bonds is 5. The Morgan fingerprint density at radius 3 is 2.38 bits per heavy atom. The number of ether oxygens (including phenoxy) is 2. The lowest BCUT2D eigenvalue weighted by Crippen LogP contribution is -2.50. The van der Waals surface area contributed by atoms with E-state index in [2.05, 4.69) is 15.4 Å². The summed E-state index contributed by atoms with van der Waals surface area (Å²) in [5.74, 6) is -1.36. The van der Waals surface area contributed by atoms with E-state index in [-0.39, 0.29) is 19.0 Å². The minimum Gasteiger partial charge on any atom is -0.468 e. The molecular weight excluding hydrogens is 318 g/mol. The zero-order valence-corrected chi connectivity index (χ0v) is 14.5. The van der Waals surface area contributed by atoms with Gasteiger partial charge in [0.05, 0.1) is 7.11 Å². The Kier molecular flexibility index (Phi) is 6.99. The highest BCUT2D eigenvalue weighted by molar-refractivity contribution is 5.91. The van der Waals surface area contributed by atoms with E-state index in [1.807, 2.05) is 0 Å². The SMILES string of the molecule is COC(=O)CNC(=O)[C@@H]1CCCN1C(=O)CNC(=O)OC(C)(C)C.